The van der Waals surface area contributed by atoms with Crippen LogP contribution in [-0.4, -0.2) is 21.5 Å². The monoisotopic (exact) mass is 333 g/mol. The van der Waals surface area contributed by atoms with Gasteiger partial charge in [0.05, 0.1) is 5.69 Å². The van der Waals surface area contributed by atoms with Crippen LogP contribution >= 0.6 is 0 Å². The van der Waals surface area contributed by atoms with Crippen LogP contribution in [0.15, 0.2) is 60.9 Å². The summed E-state index contributed by atoms with van der Waals surface area (Å²) in [6.45, 7) is 3.72. The molecule has 2 heterocycles. The maximum absolute atomic E-state index is 4.66. The van der Waals surface area contributed by atoms with Gasteiger partial charge in [0.1, 0.15) is 5.82 Å². The lowest BCUT2D eigenvalue weighted by molar-refractivity contribution is 0.826. The molecule has 0 amide bonds. The van der Waals surface area contributed by atoms with Crippen LogP contribution in [0.1, 0.15) is 25.3 Å². The third-order valence-electron chi connectivity index (χ3n) is 3.81. The molecule has 0 fully saturated rings. The maximum Gasteiger partial charge on any atom is 0.225 e. The van der Waals surface area contributed by atoms with Crippen molar-refractivity contribution in [1.29, 1.82) is 0 Å². The second-order valence-corrected chi connectivity index (χ2v) is 5.82. The van der Waals surface area contributed by atoms with E-state index in [1.54, 1.807) is 6.20 Å². The van der Waals surface area contributed by atoms with Gasteiger partial charge >= 0.3 is 0 Å². The van der Waals surface area contributed by atoms with Gasteiger partial charge in [0.2, 0.25) is 5.95 Å². The minimum Gasteiger partial charge on any atom is -0.366 e. The van der Waals surface area contributed by atoms with Crippen LogP contribution in [0.5, 0.6) is 0 Å². The van der Waals surface area contributed by atoms with E-state index in [0.29, 0.717) is 12.5 Å². The molecule has 5 heteroatoms. The van der Waals surface area contributed by atoms with Crippen molar-refractivity contribution in [2.24, 2.45) is 0 Å². The van der Waals surface area contributed by atoms with Gasteiger partial charge in [-0.15, -0.1) is 0 Å². The summed E-state index contributed by atoms with van der Waals surface area (Å²) in [4.78, 5) is 13.4. The van der Waals surface area contributed by atoms with Crippen LogP contribution < -0.4 is 10.6 Å². The van der Waals surface area contributed by atoms with E-state index >= 15 is 0 Å². The molecule has 2 N–H and O–H groups in total. The lowest BCUT2D eigenvalue weighted by Crippen LogP contribution is -2.09. The van der Waals surface area contributed by atoms with Gasteiger partial charge < -0.3 is 10.6 Å². The van der Waals surface area contributed by atoms with Crippen LogP contribution in [0.4, 0.5) is 11.8 Å². The average molecular weight is 333 g/mol. The van der Waals surface area contributed by atoms with Crippen molar-refractivity contribution < 1.29 is 0 Å². The Balaban J connectivity index is 1.81. The van der Waals surface area contributed by atoms with Crippen LogP contribution in [0, 0.1) is 0 Å². The lowest BCUT2D eigenvalue weighted by Gasteiger charge is -2.11. The third kappa shape index (κ3) is 5.01. The zero-order valence-corrected chi connectivity index (χ0v) is 14.4. The Hall–Kier alpha value is -2.95. The van der Waals surface area contributed by atoms with E-state index in [-0.39, 0.29) is 0 Å². The highest BCUT2D eigenvalue weighted by Gasteiger charge is 2.06. The van der Waals surface area contributed by atoms with E-state index in [4.69, 9.17) is 0 Å². The first-order chi connectivity index (χ1) is 12.3. The first-order valence-corrected chi connectivity index (χ1v) is 8.66. The van der Waals surface area contributed by atoms with Crippen molar-refractivity contribution >= 4 is 11.8 Å². The van der Waals surface area contributed by atoms with E-state index in [0.717, 1.165) is 42.0 Å². The van der Waals surface area contributed by atoms with E-state index in [9.17, 15) is 0 Å². The molecule has 25 heavy (non-hydrogen) atoms. The largest absolute Gasteiger partial charge is 0.366 e. The molecule has 128 valence electrons. The van der Waals surface area contributed by atoms with Gasteiger partial charge in [0.25, 0.3) is 0 Å². The Morgan fingerprint density at radius 2 is 1.84 bits per heavy atom. The van der Waals surface area contributed by atoms with Gasteiger partial charge in [0.15, 0.2) is 0 Å². The van der Waals surface area contributed by atoms with E-state index < -0.39 is 0 Å². The summed E-state index contributed by atoms with van der Waals surface area (Å²) in [5, 5.41) is 6.69. The fraction of sp³-hybridized carbons (Fsp3) is 0.250. The first-order valence-electron chi connectivity index (χ1n) is 8.66. The molecule has 0 saturated heterocycles. The molecule has 5 nitrogen and oxygen atoms in total. The number of nitrogens with zero attached hydrogens (tertiary/aromatic N) is 3. The summed E-state index contributed by atoms with van der Waals surface area (Å²) < 4.78 is 0. The van der Waals surface area contributed by atoms with Gasteiger partial charge in [0, 0.05) is 37.1 Å². The molecular weight excluding hydrogens is 310 g/mol. The number of aromatic nitrogens is 3. The van der Waals surface area contributed by atoms with Crippen molar-refractivity contribution in [2.75, 3.05) is 17.2 Å². The standard InChI is InChI=1S/C20H23N5/c1-2-3-12-22-20-24-18(17-9-5-4-6-10-17)13-19(25-20)23-15-16-8-7-11-21-14-16/h4-11,13-14H,2-3,12,15H2,1H3,(H2,22,23,24,25). The van der Waals surface area contributed by atoms with Gasteiger partial charge in [-0.05, 0) is 18.1 Å². The lowest BCUT2D eigenvalue weighted by atomic mass is 10.1. The summed E-state index contributed by atoms with van der Waals surface area (Å²) in [6.07, 6.45) is 5.86. The summed E-state index contributed by atoms with van der Waals surface area (Å²) >= 11 is 0. The molecule has 2 aromatic heterocycles. The number of pyridine rings is 1. The fourth-order valence-electron chi connectivity index (χ4n) is 2.45. The van der Waals surface area contributed by atoms with E-state index in [2.05, 4.69) is 44.6 Å². The molecule has 0 spiro atoms. The zero-order chi connectivity index (χ0) is 17.3. The predicted octanol–water partition coefficient (Wildman–Crippen LogP) is 4.36. The molecule has 1 aromatic carbocycles. The van der Waals surface area contributed by atoms with Crippen molar-refractivity contribution in [3.63, 3.8) is 0 Å². The van der Waals surface area contributed by atoms with Gasteiger partial charge in [-0.1, -0.05) is 49.7 Å². The number of nitrogens with one attached hydrogen (secondary N) is 2. The van der Waals surface area contributed by atoms with E-state index in [1.807, 2.05) is 42.6 Å². The molecule has 0 aliphatic heterocycles. The molecule has 3 aromatic rings. The highest BCUT2D eigenvalue weighted by Crippen LogP contribution is 2.21. The minimum absolute atomic E-state index is 0.656. The fourth-order valence-corrected chi connectivity index (χ4v) is 2.45. The molecule has 0 unspecified atom stereocenters. The predicted molar refractivity (Wildman–Crippen MR) is 102 cm³/mol. The SMILES string of the molecule is CCCCNc1nc(NCc2cccnc2)cc(-c2ccccc2)n1. The quantitative estimate of drug-likeness (QED) is 0.600. The van der Waals surface area contributed by atoms with Crippen LogP contribution in [0.3, 0.4) is 0 Å². The number of anilines is 2. The smallest absolute Gasteiger partial charge is 0.225 e. The van der Waals surface area contributed by atoms with Crippen LogP contribution in [0.2, 0.25) is 0 Å². The molecule has 0 saturated carbocycles. The van der Waals surface area contributed by atoms with E-state index in [1.165, 1.54) is 0 Å². The maximum atomic E-state index is 4.66. The highest BCUT2D eigenvalue weighted by molar-refractivity contribution is 5.64. The van der Waals surface area contributed by atoms with Crippen LogP contribution in [-0.2, 0) is 6.54 Å². The Morgan fingerprint density at radius 1 is 0.960 bits per heavy atom. The molecule has 0 aliphatic carbocycles. The molecule has 0 atom stereocenters. The molecule has 3 rings (SSSR count). The molecule has 0 radical (unpaired) electrons. The number of rotatable bonds is 8. The normalized spacial score (nSPS) is 10.4. The number of benzene rings is 1. The summed E-state index contributed by atoms with van der Waals surface area (Å²) in [7, 11) is 0. The summed E-state index contributed by atoms with van der Waals surface area (Å²) in [5.41, 5.74) is 3.10. The second-order valence-electron chi connectivity index (χ2n) is 5.82. The Bertz CT molecular complexity index is 775. The number of hydrogen-bond donors (Lipinski definition) is 2. The average Bonchev–Trinajstić information content (AvgIpc) is 2.68. The molecule has 0 bridgehead atoms. The minimum atomic E-state index is 0.656. The Morgan fingerprint density at radius 3 is 2.60 bits per heavy atom. The van der Waals surface area contributed by atoms with Gasteiger partial charge in [-0.25, -0.2) is 4.98 Å². The molecule has 0 aliphatic rings. The Kier molecular flexibility index (Phi) is 5.93. The Labute approximate surface area is 148 Å². The molecular formula is C20H23N5. The number of hydrogen-bond acceptors (Lipinski definition) is 5. The first kappa shape index (κ1) is 16.9. The van der Waals surface area contributed by atoms with Crippen molar-refractivity contribution in [1.82, 2.24) is 15.0 Å². The van der Waals surface area contributed by atoms with Gasteiger partial charge in [-0.2, -0.15) is 4.98 Å². The summed E-state index contributed by atoms with van der Waals surface area (Å²) in [5.74, 6) is 1.46. The third-order valence-corrected chi connectivity index (χ3v) is 3.81. The summed E-state index contributed by atoms with van der Waals surface area (Å²) in [6, 6.07) is 16.1. The van der Waals surface area contributed by atoms with Crippen molar-refractivity contribution in [3.8, 4) is 11.3 Å². The van der Waals surface area contributed by atoms with Crippen molar-refractivity contribution in [2.45, 2.75) is 26.3 Å². The topological polar surface area (TPSA) is 62.7 Å². The van der Waals surface area contributed by atoms with Gasteiger partial charge in [-0.3, -0.25) is 4.98 Å². The second kappa shape index (κ2) is 8.78. The zero-order valence-electron chi connectivity index (χ0n) is 14.4. The van der Waals surface area contributed by atoms with Crippen LogP contribution in [0.25, 0.3) is 11.3 Å². The highest BCUT2D eigenvalue weighted by atomic mass is 15.1. The number of unbranched alkanes of at least 4 members (excludes halogenated alkanes) is 1. The van der Waals surface area contributed by atoms with Crippen molar-refractivity contribution in [3.05, 3.63) is 66.5 Å².